The van der Waals surface area contributed by atoms with Gasteiger partial charge in [-0.2, -0.15) is 0 Å². The van der Waals surface area contributed by atoms with Gasteiger partial charge in [0.15, 0.2) is 11.4 Å². The van der Waals surface area contributed by atoms with Crippen LogP contribution in [0, 0.1) is 0 Å². The summed E-state index contributed by atoms with van der Waals surface area (Å²) in [7, 11) is 0. The summed E-state index contributed by atoms with van der Waals surface area (Å²) >= 11 is 0. The molecular weight excluding hydrogens is 550 g/mol. The minimum atomic E-state index is 0.609. The molecule has 0 aliphatic rings. The van der Waals surface area contributed by atoms with Gasteiger partial charge in [0.25, 0.3) is 0 Å². The molecule has 0 radical (unpaired) electrons. The van der Waals surface area contributed by atoms with Gasteiger partial charge in [0.1, 0.15) is 5.52 Å². The van der Waals surface area contributed by atoms with E-state index in [0.29, 0.717) is 11.7 Å². The van der Waals surface area contributed by atoms with E-state index in [2.05, 4.69) is 91.0 Å². The van der Waals surface area contributed by atoms with Crippen molar-refractivity contribution in [3.05, 3.63) is 164 Å². The zero-order valence-electron chi connectivity index (χ0n) is 24.3. The van der Waals surface area contributed by atoms with Crippen molar-refractivity contribution in [1.82, 2.24) is 15.0 Å². The van der Waals surface area contributed by atoms with Crippen LogP contribution >= 0.6 is 0 Å². The first-order valence-electron chi connectivity index (χ1n) is 14.9. The standard InChI is InChI=1S/C41H27N3O/c1-4-12-28(13-5-1)29-20-22-31(23-21-29)37-27-36(30-14-6-2-7-15-30)42-40(43-37)35-19-11-10-18-34(35)33-24-25-39-38(26-33)44-41(45-39)32-16-8-3-9-17-32/h1-27H. The van der Waals surface area contributed by atoms with E-state index in [1.54, 1.807) is 0 Å². The first-order valence-corrected chi connectivity index (χ1v) is 14.9. The average Bonchev–Trinajstić information content (AvgIpc) is 3.56. The Morgan fingerprint density at radius 3 is 1.51 bits per heavy atom. The third kappa shape index (κ3) is 5.30. The molecule has 8 aromatic rings. The van der Waals surface area contributed by atoms with Gasteiger partial charge in [-0.15, -0.1) is 0 Å². The average molecular weight is 578 g/mol. The smallest absolute Gasteiger partial charge is 0.227 e. The minimum Gasteiger partial charge on any atom is -0.436 e. The summed E-state index contributed by atoms with van der Waals surface area (Å²) in [5, 5.41) is 0. The van der Waals surface area contributed by atoms with Crippen LogP contribution in [-0.2, 0) is 0 Å². The summed E-state index contributed by atoms with van der Waals surface area (Å²) in [4.78, 5) is 15.1. The van der Waals surface area contributed by atoms with Crippen molar-refractivity contribution in [1.29, 1.82) is 0 Å². The van der Waals surface area contributed by atoms with E-state index in [9.17, 15) is 0 Å². The van der Waals surface area contributed by atoms with Gasteiger partial charge >= 0.3 is 0 Å². The molecule has 0 unspecified atom stereocenters. The largest absolute Gasteiger partial charge is 0.436 e. The normalized spacial score (nSPS) is 11.1. The number of oxazole rings is 1. The Morgan fingerprint density at radius 1 is 0.356 bits per heavy atom. The lowest BCUT2D eigenvalue weighted by molar-refractivity contribution is 0.620. The van der Waals surface area contributed by atoms with Gasteiger partial charge in [0.05, 0.1) is 11.4 Å². The molecule has 8 rings (SSSR count). The first kappa shape index (κ1) is 26.5. The summed E-state index contributed by atoms with van der Waals surface area (Å²) < 4.78 is 6.09. The first-order chi connectivity index (χ1) is 22.3. The molecule has 4 heteroatoms. The van der Waals surface area contributed by atoms with E-state index in [1.165, 1.54) is 11.1 Å². The van der Waals surface area contributed by atoms with E-state index in [0.717, 1.165) is 55.9 Å². The van der Waals surface area contributed by atoms with Crippen molar-refractivity contribution in [3.8, 4) is 67.6 Å². The fourth-order valence-electron chi connectivity index (χ4n) is 5.67. The third-order valence-electron chi connectivity index (χ3n) is 7.97. The molecule has 45 heavy (non-hydrogen) atoms. The SMILES string of the molecule is c1ccc(-c2ccc(-c3cc(-c4ccccc4)nc(-c4ccccc4-c4ccc5oc(-c6ccccc6)nc5c4)n3)cc2)cc1. The van der Waals surface area contributed by atoms with Gasteiger partial charge < -0.3 is 4.42 Å². The van der Waals surface area contributed by atoms with E-state index in [-0.39, 0.29) is 0 Å². The summed E-state index contributed by atoms with van der Waals surface area (Å²) in [6.07, 6.45) is 0. The Kier molecular flexibility index (Phi) is 6.78. The van der Waals surface area contributed by atoms with Gasteiger partial charge in [0, 0.05) is 22.3 Å². The van der Waals surface area contributed by atoms with Crippen LogP contribution in [0.5, 0.6) is 0 Å². The molecule has 0 saturated heterocycles. The van der Waals surface area contributed by atoms with Crippen LogP contribution in [0.3, 0.4) is 0 Å². The van der Waals surface area contributed by atoms with Crippen LogP contribution in [0.25, 0.3) is 78.7 Å². The molecule has 2 aromatic heterocycles. The van der Waals surface area contributed by atoms with Gasteiger partial charge in [-0.1, -0.05) is 133 Å². The monoisotopic (exact) mass is 577 g/mol. The molecule has 0 aliphatic heterocycles. The maximum Gasteiger partial charge on any atom is 0.227 e. The highest BCUT2D eigenvalue weighted by atomic mass is 16.3. The topological polar surface area (TPSA) is 51.8 Å². The Hall–Kier alpha value is -6.13. The summed E-state index contributed by atoms with van der Waals surface area (Å²) in [6, 6.07) is 55.7. The van der Waals surface area contributed by atoms with Crippen molar-refractivity contribution in [2.45, 2.75) is 0 Å². The number of nitrogens with zero attached hydrogens (tertiary/aromatic N) is 3. The number of benzene rings is 6. The molecule has 4 nitrogen and oxygen atoms in total. The highest BCUT2D eigenvalue weighted by Crippen LogP contribution is 2.36. The predicted molar refractivity (Wildman–Crippen MR) is 182 cm³/mol. The van der Waals surface area contributed by atoms with Crippen LogP contribution in [0.15, 0.2) is 168 Å². The number of hydrogen-bond donors (Lipinski definition) is 0. The molecule has 0 fully saturated rings. The van der Waals surface area contributed by atoms with Gasteiger partial charge in [-0.3, -0.25) is 0 Å². The fraction of sp³-hybridized carbons (Fsp3) is 0. The molecule has 212 valence electrons. The molecule has 0 aliphatic carbocycles. The number of fused-ring (bicyclic) bond motifs is 1. The molecule has 0 amide bonds. The molecule has 0 spiro atoms. The molecule has 0 atom stereocenters. The lowest BCUT2D eigenvalue weighted by Crippen LogP contribution is -1.97. The van der Waals surface area contributed by atoms with Gasteiger partial charge in [0.2, 0.25) is 5.89 Å². The molecule has 0 saturated carbocycles. The maximum atomic E-state index is 6.09. The quantitative estimate of drug-likeness (QED) is 0.197. The zero-order valence-corrected chi connectivity index (χ0v) is 24.3. The summed E-state index contributed by atoms with van der Waals surface area (Å²) in [6.45, 7) is 0. The van der Waals surface area contributed by atoms with Crippen LogP contribution < -0.4 is 0 Å². The zero-order chi connectivity index (χ0) is 30.0. The predicted octanol–water partition coefficient (Wildman–Crippen LogP) is 10.6. The second-order valence-electron chi connectivity index (χ2n) is 10.9. The number of aromatic nitrogens is 3. The number of hydrogen-bond acceptors (Lipinski definition) is 4. The van der Waals surface area contributed by atoms with Crippen LogP contribution in [0.1, 0.15) is 0 Å². The summed E-state index contributed by atoms with van der Waals surface area (Å²) in [5.74, 6) is 1.28. The molecule has 2 heterocycles. The van der Waals surface area contributed by atoms with Gasteiger partial charge in [-0.25, -0.2) is 15.0 Å². The second kappa shape index (κ2) is 11.5. The lowest BCUT2D eigenvalue weighted by atomic mass is 9.98. The van der Waals surface area contributed by atoms with Crippen LogP contribution in [0.2, 0.25) is 0 Å². The van der Waals surface area contributed by atoms with Crippen molar-refractivity contribution >= 4 is 11.1 Å². The highest BCUT2D eigenvalue weighted by molar-refractivity contribution is 5.88. The fourth-order valence-corrected chi connectivity index (χ4v) is 5.67. The Bertz CT molecular complexity index is 2240. The third-order valence-corrected chi connectivity index (χ3v) is 7.97. The second-order valence-corrected chi connectivity index (χ2v) is 10.9. The summed E-state index contributed by atoms with van der Waals surface area (Å²) in [5.41, 5.74) is 11.7. The molecule has 6 aromatic carbocycles. The Labute approximate surface area is 261 Å². The molecule has 0 N–H and O–H groups in total. The van der Waals surface area contributed by atoms with E-state index in [4.69, 9.17) is 19.4 Å². The van der Waals surface area contributed by atoms with Crippen molar-refractivity contribution in [3.63, 3.8) is 0 Å². The highest BCUT2D eigenvalue weighted by Gasteiger charge is 2.16. The van der Waals surface area contributed by atoms with Crippen molar-refractivity contribution in [2.75, 3.05) is 0 Å². The Morgan fingerprint density at radius 2 is 0.844 bits per heavy atom. The number of rotatable bonds is 6. The maximum absolute atomic E-state index is 6.09. The van der Waals surface area contributed by atoms with E-state index >= 15 is 0 Å². The van der Waals surface area contributed by atoms with Crippen molar-refractivity contribution < 1.29 is 4.42 Å². The van der Waals surface area contributed by atoms with E-state index < -0.39 is 0 Å². The van der Waals surface area contributed by atoms with Crippen LogP contribution in [0.4, 0.5) is 0 Å². The minimum absolute atomic E-state index is 0.609. The molecule has 0 bridgehead atoms. The van der Waals surface area contributed by atoms with Crippen LogP contribution in [-0.4, -0.2) is 15.0 Å². The Balaban J connectivity index is 1.24. The van der Waals surface area contributed by atoms with E-state index in [1.807, 2.05) is 72.8 Å². The van der Waals surface area contributed by atoms with Crippen molar-refractivity contribution in [2.24, 2.45) is 0 Å². The molecular formula is C41H27N3O. The lowest BCUT2D eigenvalue weighted by Gasteiger charge is -2.13. The van der Waals surface area contributed by atoms with Gasteiger partial charge in [-0.05, 0) is 52.6 Å².